The normalized spacial score (nSPS) is 25.2. The van der Waals surface area contributed by atoms with E-state index in [0.29, 0.717) is 11.8 Å². The van der Waals surface area contributed by atoms with Gasteiger partial charge in [-0.2, -0.15) is 0 Å². The highest BCUT2D eigenvalue weighted by molar-refractivity contribution is 7.89. The molecule has 2 bridgehead atoms. The van der Waals surface area contributed by atoms with Gasteiger partial charge in [0.25, 0.3) is 0 Å². The first kappa shape index (κ1) is 23.0. The van der Waals surface area contributed by atoms with E-state index in [9.17, 15) is 8.42 Å². The number of aromatic nitrogens is 1. The summed E-state index contributed by atoms with van der Waals surface area (Å²) in [5, 5.41) is 0.904. The van der Waals surface area contributed by atoms with Gasteiger partial charge in [0, 0.05) is 24.2 Å². The number of sulfonamides is 1. The number of pyridine rings is 1. The minimum absolute atomic E-state index is 0.0481. The molecule has 3 aliphatic rings. The van der Waals surface area contributed by atoms with Crippen molar-refractivity contribution in [3.05, 3.63) is 78.5 Å². The molecular formula is C27H31N3O3S. The Hall–Kier alpha value is -2.74. The van der Waals surface area contributed by atoms with Gasteiger partial charge in [-0.05, 0) is 80.1 Å². The summed E-state index contributed by atoms with van der Waals surface area (Å²) in [6.45, 7) is 7.86. The maximum atomic E-state index is 13.6. The fourth-order valence-electron chi connectivity index (χ4n) is 5.57. The van der Waals surface area contributed by atoms with Crippen LogP contribution in [0.15, 0.2) is 72.3 Å². The molecule has 3 unspecified atom stereocenters. The lowest BCUT2D eigenvalue weighted by atomic mass is 9.73. The number of aryl methyl sites for hydroxylation is 1. The lowest BCUT2D eigenvalue weighted by Gasteiger charge is -2.51. The van der Waals surface area contributed by atoms with Crippen molar-refractivity contribution in [1.82, 2.24) is 14.6 Å². The highest BCUT2D eigenvalue weighted by Crippen LogP contribution is 2.42. The van der Waals surface area contributed by atoms with Crippen molar-refractivity contribution >= 4 is 20.9 Å². The quantitative estimate of drug-likeness (QED) is 0.509. The van der Waals surface area contributed by atoms with Crippen molar-refractivity contribution in [2.45, 2.75) is 36.7 Å². The van der Waals surface area contributed by atoms with Crippen LogP contribution in [0.2, 0.25) is 0 Å². The molecule has 3 aliphatic heterocycles. The predicted molar refractivity (Wildman–Crippen MR) is 134 cm³/mol. The van der Waals surface area contributed by atoms with Gasteiger partial charge in [0.05, 0.1) is 23.6 Å². The van der Waals surface area contributed by atoms with Gasteiger partial charge in [-0.3, -0.25) is 9.88 Å². The van der Waals surface area contributed by atoms with Gasteiger partial charge in [0.2, 0.25) is 10.0 Å². The average Bonchev–Trinajstić information content (AvgIpc) is 2.87. The number of hydrogen-bond acceptors (Lipinski definition) is 5. The topological polar surface area (TPSA) is 71.5 Å². The van der Waals surface area contributed by atoms with E-state index < -0.39 is 16.1 Å². The van der Waals surface area contributed by atoms with Gasteiger partial charge < -0.3 is 4.74 Å². The van der Waals surface area contributed by atoms with Gasteiger partial charge in [-0.1, -0.05) is 23.8 Å². The molecule has 0 spiro atoms. The van der Waals surface area contributed by atoms with Crippen molar-refractivity contribution in [2.75, 3.05) is 20.2 Å². The maximum Gasteiger partial charge on any atom is 0.241 e. The van der Waals surface area contributed by atoms with Crippen LogP contribution < -0.4 is 9.46 Å². The number of methoxy groups -OCH3 is 1. The van der Waals surface area contributed by atoms with Crippen LogP contribution in [-0.4, -0.2) is 44.5 Å². The Bertz CT molecular complexity index is 1310. The molecule has 7 heteroatoms. The summed E-state index contributed by atoms with van der Waals surface area (Å²) in [6.07, 6.45) is 5.87. The summed E-state index contributed by atoms with van der Waals surface area (Å²) in [6, 6.07) is 14.3. The largest absolute Gasteiger partial charge is 0.497 e. The van der Waals surface area contributed by atoms with Crippen LogP contribution in [-0.2, 0) is 10.0 Å². The second-order valence-corrected chi connectivity index (χ2v) is 11.2. The summed E-state index contributed by atoms with van der Waals surface area (Å²) in [5.41, 5.74) is 2.76. The van der Waals surface area contributed by atoms with Gasteiger partial charge in [0.15, 0.2) is 0 Å². The molecule has 3 fully saturated rings. The minimum Gasteiger partial charge on any atom is -0.497 e. The second-order valence-electron chi connectivity index (χ2n) is 9.44. The highest BCUT2D eigenvalue weighted by Gasteiger charge is 2.44. The van der Waals surface area contributed by atoms with Gasteiger partial charge in [-0.25, -0.2) is 13.1 Å². The summed E-state index contributed by atoms with van der Waals surface area (Å²) in [4.78, 5) is 7.23. The first-order valence-electron chi connectivity index (χ1n) is 11.8. The third-order valence-electron chi connectivity index (χ3n) is 7.47. The second kappa shape index (κ2) is 9.13. The van der Waals surface area contributed by atoms with E-state index in [2.05, 4.69) is 27.3 Å². The molecular weight excluding hydrogens is 446 g/mol. The first-order chi connectivity index (χ1) is 16.4. The zero-order valence-corrected chi connectivity index (χ0v) is 20.5. The van der Waals surface area contributed by atoms with Crippen LogP contribution in [0.4, 0.5) is 0 Å². The third-order valence-corrected chi connectivity index (χ3v) is 8.93. The van der Waals surface area contributed by atoms with Crippen molar-refractivity contribution in [2.24, 2.45) is 11.8 Å². The van der Waals surface area contributed by atoms with E-state index in [1.54, 1.807) is 25.4 Å². The van der Waals surface area contributed by atoms with Crippen LogP contribution in [0, 0.1) is 18.8 Å². The molecule has 0 saturated carbocycles. The monoisotopic (exact) mass is 477 g/mol. The Kier molecular flexibility index (Phi) is 6.18. The van der Waals surface area contributed by atoms with E-state index in [1.807, 2.05) is 43.3 Å². The van der Waals surface area contributed by atoms with E-state index in [-0.39, 0.29) is 10.9 Å². The summed E-state index contributed by atoms with van der Waals surface area (Å²) in [5.74, 6) is 1.69. The number of nitrogens with one attached hydrogen (secondary N) is 1. The molecule has 0 amide bonds. The van der Waals surface area contributed by atoms with Crippen LogP contribution >= 0.6 is 0 Å². The van der Waals surface area contributed by atoms with Crippen molar-refractivity contribution in [1.29, 1.82) is 0 Å². The van der Waals surface area contributed by atoms with E-state index in [0.717, 1.165) is 53.7 Å². The Morgan fingerprint density at radius 1 is 1.21 bits per heavy atom. The number of fused-ring (bicyclic) bond motifs is 4. The van der Waals surface area contributed by atoms with Crippen LogP contribution in [0.1, 0.15) is 30.0 Å². The number of ether oxygens (including phenoxy) is 1. The Morgan fingerprint density at radius 3 is 2.68 bits per heavy atom. The molecule has 178 valence electrons. The van der Waals surface area contributed by atoms with Gasteiger partial charge >= 0.3 is 0 Å². The SMILES string of the molecule is C=CC1CN2CCC1C[C@@H]2[C@H](NS(=O)(=O)c1ccc(C)cc1)c1ccnc2ccc(OC)cc12. The van der Waals surface area contributed by atoms with Crippen LogP contribution in [0.3, 0.4) is 0 Å². The molecule has 4 heterocycles. The van der Waals surface area contributed by atoms with E-state index in [4.69, 9.17) is 4.74 Å². The Morgan fingerprint density at radius 2 is 2.00 bits per heavy atom. The molecule has 34 heavy (non-hydrogen) atoms. The van der Waals surface area contributed by atoms with Gasteiger partial charge in [-0.15, -0.1) is 6.58 Å². The molecule has 6 rings (SSSR count). The smallest absolute Gasteiger partial charge is 0.241 e. The highest BCUT2D eigenvalue weighted by atomic mass is 32.2. The molecule has 2 aromatic carbocycles. The number of benzene rings is 2. The van der Waals surface area contributed by atoms with E-state index >= 15 is 0 Å². The first-order valence-corrected chi connectivity index (χ1v) is 13.3. The van der Waals surface area contributed by atoms with E-state index in [1.165, 1.54) is 0 Å². The zero-order valence-electron chi connectivity index (χ0n) is 19.6. The lowest BCUT2D eigenvalue weighted by Crippen LogP contribution is -2.57. The van der Waals surface area contributed by atoms with Crippen molar-refractivity contribution in [3.63, 3.8) is 0 Å². The summed E-state index contributed by atoms with van der Waals surface area (Å²) < 4.78 is 35.7. The number of piperidine rings is 3. The molecule has 0 aliphatic carbocycles. The molecule has 0 radical (unpaired) electrons. The molecule has 1 N–H and O–H groups in total. The lowest BCUT2D eigenvalue weighted by molar-refractivity contribution is 0.00490. The predicted octanol–water partition coefficient (Wildman–Crippen LogP) is 4.47. The standard InChI is InChI=1S/C27H31N3O3S/c1-4-19-17-30-14-12-20(19)15-26(30)27(29-34(31,32)22-8-5-18(2)6-9-22)23-11-13-28-25-10-7-21(33-3)16-24(23)25/h4-11,13,16,19-20,26-27,29H,1,12,14-15,17H2,2-3H3/t19?,20?,26-,27-/m1/s1. The van der Waals surface area contributed by atoms with Crippen LogP contribution in [0.5, 0.6) is 5.75 Å². The maximum absolute atomic E-state index is 13.6. The summed E-state index contributed by atoms with van der Waals surface area (Å²) >= 11 is 0. The molecule has 3 aromatic rings. The fourth-order valence-corrected chi connectivity index (χ4v) is 6.82. The Labute approximate surface area is 201 Å². The van der Waals surface area contributed by atoms with Crippen LogP contribution in [0.25, 0.3) is 10.9 Å². The zero-order chi connectivity index (χ0) is 23.9. The molecule has 6 nitrogen and oxygen atoms in total. The molecule has 3 saturated heterocycles. The average molecular weight is 478 g/mol. The minimum atomic E-state index is -3.74. The number of hydrogen-bond donors (Lipinski definition) is 1. The third kappa shape index (κ3) is 4.24. The molecule has 1 aromatic heterocycles. The van der Waals surface area contributed by atoms with Crippen molar-refractivity contribution < 1.29 is 13.2 Å². The fraction of sp³-hybridized carbons (Fsp3) is 0.370. The Balaban J connectivity index is 1.61. The number of rotatable bonds is 7. The number of nitrogens with zero attached hydrogens (tertiary/aromatic N) is 2. The van der Waals surface area contributed by atoms with Gasteiger partial charge in [0.1, 0.15) is 5.75 Å². The van der Waals surface area contributed by atoms with Crippen molar-refractivity contribution in [3.8, 4) is 5.75 Å². The molecule has 5 atom stereocenters. The summed E-state index contributed by atoms with van der Waals surface area (Å²) in [7, 11) is -2.11.